The predicted molar refractivity (Wildman–Crippen MR) is 109 cm³/mol. The highest BCUT2D eigenvalue weighted by molar-refractivity contribution is 6.01. The van der Waals surface area contributed by atoms with Gasteiger partial charge in [-0.15, -0.1) is 0 Å². The lowest BCUT2D eigenvalue weighted by molar-refractivity contribution is -0.151. The van der Waals surface area contributed by atoms with Gasteiger partial charge in [-0.1, -0.05) is 55.5 Å². The number of Topliss-reactive ketones (excluding diaryl/α,β-unsaturated/α-hetero) is 1. The molecule has 0 spiro atoms. The van der Waals surface area contributed by atoms with E-state index < -0.39 is 23.9 Å². The molecule has 0 bridgehead atoms. The number of carbonyl (C=O) groups excluding carboxylic acids is 4. The Morgan fingerprint density at radius 3 is 2.43 bits per heavy atom. The van der Waals surface area contributed by atoms with E-state index in [9.17, 15) is 19.2 Å². The van der Waals surface area contributed by atoms with Gasteiger partial charge in [0.05, 0.1) is 12.5 Å². The molecule has 2 amide bonds. The van der Waals surface area contributed by atoms with E-state index in [2.05, 4.69) is 5.43 Å². The fraction of sp³-hybridized carbons (Fsp3) is 0.304. The molecule has 0 aromatic heterocycles. The first-order valence-electron chi connectivity index (χ1n) is 9.87. The summed E-state index contributed by atoms with van der Waals surface area (Å²) in [5.41, 5.74) is 4.26. The number of ether oxygens (including phenoxy) is 1. The van der Waals surface area contributed by atoms with E-state index in [-0.39, 0.29) is 24.7 Å². The molecule has 0 saturated carbocycles. The summed E-state index contributed by atoms with van der Waals surface area (Å²) in [4.78, 5) is 49.9. The quantitative estimate of drug-likeness (QED) is 0.562. The van der Waals surface area contributed by atoms with Gasteiger partial charge < -0.3 is 4.74 Å². The van der Waals surface area contributed by atoms with Crippen molar-refractivity contribution in [3.05, 3.63) is 71.3 Å². The number of esters is 1. The van der Waals surface area contributed by atoms with Crippen molar-refractivity contribution in [3.63, 3.8) is 0 Å². The molecule has 1 aliphatic heterocycles. The minimum absolute atomic E-state index is 0.00521. The standard InChI is InChI=1S/C23H24N2O5/c1-3-19(21(27)16-10-5-4-6-11-16)30-23(29)17-13-20(26)25(14-17)24-22(28)18-12-8-7-9-15(18)2/h4-12,17,19H,3,13-14H2,1-2H3,(H,24,28)/t17-,19+/m1/s1. The zero-order chi connectivity index (χ0) is 21.7. The number of benzene rings is 2. The van der Waals surface area contributed by atoms with Crippen LogP contribution in [0.3, 0.4) is 0 Å². The lowest BCUT2D eigenvalue weighted by atomic mass is 10.0. The smallest absolute Gasteiger partial charge is 0.312 e. The van der Waals surface area contributed by atoms with Crippen LogP contribution in [-0.2, 0) is 14.3 Å². The number of ketones is 1. The maximum Gasteiger partial charge on any atom is 0.312 e. The van der Waals surface area contributed by atoms with E-state index in [0.717, 1.165) is 10.6 Å². The van der Waals surface area contributed by atoms with Crippen LogP contribution < -0.4 is 5.43 Å². The lowest BCUT2D eigenvalue weighted by Crippen LogP contribution is -2.43. The minimum atomic E-state index is -0.911. The monoisotopic (exact) mass is 408 g/mol. The van der Waals surface area contributed by atoms with Gasteiger partial charge in [0, 0.05) is 17.5 Å². The largest absolute Gasteiger partial charge is 0.454 e. The topological polar surface area (TPSA) is 92.8 Å². The zero-order valence-corrected chi connectivity index (χ0v) is 17.0. The van der Waals surface area contributed by atoms with E-state index in [1.807, 2.05) is 6.07 Å². The molecule has 2 aromatic carbocycles. The molecule has 7 nitrogen and oxygen atoms in total. The molecular formula is C23H24N2O5. The van der Waals surface area contributed by atoms with Crippen molar-refractivity contribution in [1.29, 1.82) is 0 Å². The number of aryl methyl sites for hydroxylation is 1. The Balaban J connectivity index is 1.61. The number of amides is 2. The highest BCUT2D eigenvalue weighted by atomic mass is 16.5. The average Bonchev–Trinajstić information content (AvgIpc) is 3.12. The molecule has 1 saturated heterocycles. The van der Waals surface area contributed by atoms with E-state index in [4.69, 9.17) is 4.74 Å². The number of nitrogens with one attached hydrogen (secondary N) is 1. The maximum atomic E-state index is 12.6. The normalized spacial score (nSPS) is 16.8. The third-order valence-corrected chi connectivity index (χ3v) is 5.06. The van der Waals surface area contributed by atoms with Gasteiger partial charge >= 0.3 is 5.97 Å². The van der Waals surface area contributed by atoms with Crippen LogP contribution in [0, 0.1) is 12.8 Å². The molecule has 2 aromatic rings. The van der Waals surface area contributed by atoms with Gasteiger partial charge in [-0.05, 0) is 25.0 Å². The highest BCUT2D eigenvalue weighted by Crippen LogP contribution is 2.20. The number of hydrogen-bond donors (Lipinski definition) is 1. The molecule has 0 aliphatic carbocycles. The molecule has 0 unspecified atom stereocenters. The van der Waals surface area contributed by atoms with Gasteiger partial charge in [-0.2, -0.15) is 0 Å². The number of hydrogen-bond acceptors (Lipinski definition) is 5. The summed E-state index contributed by atoms with van der Waals surface area (Å²) in [7, 11) is 0. The van der Waals surface area contributed by atoms with E-state index in [0.29, 0.717) is 17.5 Å². The fourth-order valence-corrected chi connectivity index (χ4v) is 3.33. The second-order valence-electron chi connectivity index (χ2n) is 7.23. The fourth-order valence-electron chi connectivity index (χ4n) is 3.33. The summed E-state index contributed by atoms with van der Waals surface area (Å²) in [5.74, 6) is -2.43. The van der Waals surface area contributed by atoms with Crippen molar-refractivity contribution in [2.24, 2.45) is 5.92 Å². The van der Waals surface area contributed by atoms with Crippen LogP contribution in [-0.4, -0.2) is 41.2 Å². The second kappa shape index (κ2) is 9.35. The number of rotatable bonds is 7. The van der Waals surface area contributed by atoms with Gasteiger partial charge in [-0.25, -0.2) is 0 Å². The molecular weight excluding hydrogens is 384 g/mol. The number of hydrazine groups is 1. The van der Waals surface area contributed by atoms with Gasteiger partial charge in [0.2, 0.25) is 11.7 Å². The predicted octanol–water partition coefficient (Wildman–Crippen LogP) is 2.69. The summed E-state index contributed by atoms with van der Waals surface area (Å²) in [6, 6.07) is 15.6. The molecule has 1 fully saturated rings. The summed E-state index contributed by atoms with van der Waals surface area (Å²) < 4.78 is 5.43. The molecule has 0 radical (unpaired) electrons. The Labute approximate surface area is 175 Å². The van der Waals surface area contributed by atoms with Gasteiger partial charge in [-0.3, -0.25) is 29.6 Å². The molecule has 2 atom stereocenters. The summed E-state index contributed by atoms with van der Waals surface area (Å²) >= 11 is 0. The van der Waals surface area contributed by atoms with Crippen LogP contribution in [0.2, 0.25) is 0 Å². The average molecular weight is 408 g/mol. The molecule has 1 N–H and O–H groups in total. The molecule has 30 heavy (non-hydrogen) atoms. The van der Waals surface area contributed by atoms with Crippen molar-refractivity contribution >= 4 is 23.6 Å². The van der Waals surface area contributed by atoms with Crippen molar-refractivity contribution in [2.45, 2.75) is 32.8 Å². The van der Waals surface area contributed by atoms with Crippen LogP contribution in [0.15, 0.2) is 54.6 Å². The van der Waals surface area contributed by atoms with E-state index in [1.54, 1.807) is 62.4 Å². The first-order chi connectivity index (χ1) is 14.4. The third-order valence-electron chi connectivity index (χ3n) is 5.06. The van der Waals surface area contributed by atoms with Gasteiger partial charge in [0.25, 0.3) is 5.91 Å². The van der Waals surface area contributed by atoms with Gasteiger partial charge in [0.15, 0.2) is 6.10 Å². The van der Waals surface area contributed by atoms with Crippen LogP contribution in [0.25, 0.3) is 0 Å². The third kappa shape index (κ3) is 4.74. The van der Waals surface area contributed by atoms with Crippen LogP contribution in [0.5, 0.6) is 0 Å². The Bertz CT molecular complexity index is 957. The molecule has 3 rings (SSSR count). The number of carbonyl (C=O) groups is 4. The summed E-state index contributed by atoms with van der Waals surface area (Å²) in [5, 5.41) is 1.14. The van der Waals surface area contributed by atoms with Crippen LogP contribution in [0.1, 0.15) is 46.0 Å². The molecule has 1 aliphatic rings. The first kappa shape index (κ1) is 21.2. The highest BCUT2D eigenvalue weighted by Gasteiger charge is 2.38. The Morgan fingerprint density at radius 1 is 1.10 bits per heavy atom. The van der Waals surface area contributed by atoms with E-state index >= 15 is 0 Å². The van der Waals surface area contributed by atoms with Crippen LogP contribution in [0.4, 0.5) is 0 Å². The zero-order valence-electron chi connectivity index (χ0n) is 17.0. The van der Waals surface area contributed by atoms with Gasteiger partial charge in [0.1, 0.15) is 0 Å². The minimum Gasteiger partial charge on any atom is -0.454 e. The van der Waals surface area contributed by atoms with Crippen molar-refractivity contribution in [3.8, 4) is 0 Å². The first-order valence-corrected chi connectivity index (χ1v) is 9.87. The van der Waals surface area contributed by atoms with Crippen LogP contribution >= 0.6 is 0 Å². The summed E-state index contributed by atoms with van der Waals surface area (Å²) in [6.45, 7) is 3.56. The SMILES string of the molecule is CC[C@H](OC(=O)[C@@H]1CC(=O)N(NC(=O)c2ccccc2C)C1)C(=O)c1ccccc1. The molecule has 7 heteroatoms. The Morgan fingerprint density at radius 2 is 1.77 bits per heavy atom. The Kier molecular flexibility index (Phi) is 6.61. The maximum absolute atomic E-state index is 12.6. The Hall–Kier alpha value is -3.48. The second-order valence-corrected chi connectivity index (χ2v) is 7.23. The lowest BCUT2D eigenvalue weighted by Gasteiger charge is -2.19. The van der Waals surface area contributed by atoms with E-state index in [1.165, 1.54) is 0 Å². The van der Waals surface area contributed by atoms with Crippen molar-refractivity contribution in [2.75, 3.05) is 6.54 Å². The van der Waals surface area contributed by atoms with Crippen molar-refractivity contribution < 1.29 is 23.9 Å². The van der Waals surface area contributed by atoms with Crippen molar-refractivity contribution in [1.82, 2.24) is 10.4 Å². The molecule has 156 valence electrons. The number of nitrogens with zero attached hydrogens (tertiary/aromatic N) is 1. The summed E-state index contributed by atoms with van der Waals surface area (Å²) in [6.07, 6.45) is -0.665. The molecule has 1 heterocycles.